The number of hydrogen-bond acceptors (Lipinski definition) is 5. The van der Waals surface area contributed by atoms with E-state index in [4.69, 9.17) is 4.74 Å². The van der Waals surface area contributed by atoms with E-state index in [9.17, 15) is 14.9 Å². The van der Waals surface area contributed by atoms with Crippen molar-refractivity contribution < 1.29 is 14.5 Å². The molecule has 0 saturated carbocycles. The first-order valence-electron chi connectivity index (χ1n) is 6.41. The second-order valence-electron chi connectivity index (χ2n) is 4.24. The first-order valence-corrected chi connectivity index (χ1v) is 7.29. The second-order valence-corrected chi connectivity index (χ2v) is 5.55. The van der Waals surface area contributed by atoms with E-state index >= 15 is 0 Å². The lowest BCUT2D eigenvalue weighted by atomic mass is 10.1. The molecule has 0 spiro atoms. The Kier molecular flexibility index (Phi) is 6.93. The van der Waals surface area contributed by atoms with Crippen LogP contribution < -0.4 is 4.74 Å². The summed E-state index contributed by atoms with van der Waals surface area (Å²) in [5.74, 6) is 0.731. The molecular weight excluding hydrogens is 278 g/mol. The van der Waals surface area contributed by atoms with Gasteiger partial charge in [-0.2, -0.15) is 0 Å². The number of benzene rings is 1. The first-order chi connectivity index (χ1) is 9.52. The third kappa shape index (κ3) is 5.97. The predicted molar refractivity (Wildman–Crippen MR) is 79.2 cm³/mol. The molecule has 0 aliphatic heterocycles. The summed E-state index contributed by atoms with van der Waals surface area (Å²) in [4.78, 5) is 21.2. The van der Waals surface area contributed by atoms with E-state index in [0.717, 1.165) is 36.9 Å². The Bertz CT molecular complexity index is 431. The zero-order valence-corrected chi connectivity index (χ0v) is 12.4. The van der Waals surface area contributed by atoms with Crippen molar-refractivity contribution in [2.75, 3.05) is 6.61 Å². The van der Waals surface area contributed by atoms with Crippen molar-refractivity contribution in [1.82, 2.24) is 0 Å². The molecule has 6 heteroatoms. The Morgan fingerprint density at radius 2 is 2.10 bits per heavy atom. The summed E-state index contributed by atoms with van der Waals surface area (Å²) in [6, 6.07) is 7.04. The maximum atomic E-state index is 11.1. The van der Waals surface area contributed by atoms with Crippen molar-refractivity contribution in [3.05, 3.63) is 46.5 Å². The number of thioether (sulfide) groups is 1. The van der Waals surface area contributed by atoms with Crippen LogP contribution in [-0.4, -0.2) is 16.6 Å². The second kappa shape index (κ2) is 8.47. The highest BCUT2D eigenvalue weighted by molar-refractivity contribution is 8.13. The lowest BCUT2D eigenvalue weighted by Crippen LogP contribution is -2.05. The van der Waals surface area contributed by atoms with E-state index in [1.54, 1.807) is 24.3 Å². The lowest BCUT2D eigenvalue weighted by molar-refractivity contribution is -0.437. The Labute approximate surface area is 122 Å². The Balaban J connectivity index is 2.71. The average Bonchev–Trinajstić information content (AvgIpc) is 2.38. The molecule has 5 nitrogen and oxygen atoms in total. The quantitative estimate of drug-likeness (QED) is 0.317. The topological polar surface area (TPSA) is 69.4 Å². The van der Waals surface area contributed by atoms with Crippen LogP contribution >= 0.6 is 11.8 Å². The predicted octanol–water partition coefficient (Wildman–Crippen LogP) is 3.62. The molecule has 0 heterocycles. The van der Waals surface area contributed by atoms with Crippen molar-refractivity contribution in [2.45, 2.75) is 31.9 Å². The largest absolute Gasteiger partial charge is 0.494 e. The van der Waals surface area contributed by atoms with E-state index in [1.165, 1.54) is 6.92 Å². The smallest absolute Gasteiger partial charge is 0.184 e. The monoisotopic (exact) mass is 296 g/mol. The maximum Gasteiger partial charge on any atom is 0.184 e. The van der Waals surface area contributed by atoms with Crippen LogP contribution in [0, 0.1) is 16.7 Å². The highest BCUT2D eigenvalue weighted by Gasteiger charge is 2.12. The van der Waals surface area contributed by atoms with Crippen molar-refractivity contribution in [2.24, 2.45) is 0 Å². The van der Waals surface area contributed by atoms with E-state index in [1.807, 2.05) is 0 Å². The fourth-order valence-corrected chi connectivity index (χ4v) is 2.37. The maximum absolute atomic E-state index is 11.1. The van der Waals surface area contributed by atoms with Crippen molar-refractivity contribution in [3.63, 3.8) is 0 Å². The summed E-state index contributed by atoms with van der Waals surface area (Å²) >= 11 is 0.931. The average molecular weight is 296 g/mol. The van der Waals surface area contributed by atoms with Gasteiger partial charge in [0.05, 0.1) is 6.61 Å². The number of nitro groups is 1. The van der Waals surface area contributed by atoms with E-state index in [2.05, 4.69) is 6.92 Å². The van der Waals surface area contributed by atoms with Gasteiger partial charge in [-0.25, -0.2) is 0 Å². The molecule has 1 rings (SSSR count). The van der Waals surface area contributed by atoms with Crippen LogP contribution in [0.25, 0.3) is 0 Å². The van der Waals surface area contributed by atoms with Gasteiger partial charge in [-0.15, -0.1) is 16.7 Å². The molecule has 1 unspecified atom stereocenters. The van der Waals surface area contributed by atoms with Gasteiger partial charge in [-0.3, -0.25) is 14.9 Å². The minimum atomic E-state index is -0.577. The molecule has 0 bridgehead atoms. The highest BCUT2D eigenvalue weighted by atomic mass is 32.2. The van der Waals surface area contributed by atoms with Gasteiger partial charge in [0, 0.05) is 6.92 Å². The third-order valence-electron chi connectivity index (χ3n) is 2.53. The molecule has 1 aromatic carbocycles. The molecule has 0 radical (unpaired) electrons. The number of rotatable bonds is 8. The minimum Gasteiger partial charge on any atom is -0.494 e. The van der Waals surface area contributed by atoms with Gasteiger partial charge >= 0.3 is 0 Å². The van der Waals surface area contributed by atoms with E-state index in [0.29, 0.717) is 12.2 Å². The number of nitrogens with zero attached hydrogens (tertiary/aromatic N) is 1. The minimum absolute atomic E-state index is 0.156. The normalized spacial score (nSPS) is 11.7. The van der Waals surface area contributed by atoms with Crippen LogP contribution in [0.3, 0.4) is 0 Å². The molecule has 0 fully saturated rings. The van der Waals surface area contributed by atoms with E-state index in [-0.39, 0.29) is 5.12 Å². The molecule has 0 amide bonds. The van der Waals surface area contributed by atoms with Crippen LogP contribution in [-0.2, 0) is 4.79 Å². The SMILES string of the molecule is CCCCOc1ccc(C([CH-][N+](=O)[O-])SC(C)=O)cc1. The van der Waals surface area contributed by atoms with Crippen LogP contribution in [0.15, 0.2) is 24.3 Å². The number of carbonyl (C=O) groups is 1. The summed E-state index contributed by atoms with van der Waals surface area (Å²) in [7, 11) is 0. The van der Waals surface area contributed by atoms with Crippen molar-refractivity contribution >= 4 is 16.9 Å². The van der Waals surface area contributed by atoms with Gasteiger partial charge in [0.1, 0.15) is 5.75 Å². The summed E-state index contributed by atoms with van der Waals surface area (Å²) in [5.41, 5.74) is 0.713. The number of carbonyl (C=O) groups excluding carboxylic acids is 1. The van der Waals surface area contributed by atoms with Gasteiger partial charge in [-0.05, 0) is 30.3 Å². The molecule has 0 aromatic heterocycles. The molecule has 1 atom stereocenters. The molecule has 0 saturated heterocycles. The lowest BCUT2D eigenvalue weighted by Gasteiger charge is -2.19. The number of hydrogen-bond donors (Lipinski definition) is 0. The summed E-state index contributed by atoms with van der Waals surface area (Å²) in [6.45, 7) is 5.07. The highest BCUT2D eigenvalue weighted by Crippen LogP contribution is 2.32. The van der Waals surface area contributed by atoms with Crippen molar-refractivity contribution in [1.29, 1.82) is 0 Å². The van der Waals surface area contributed by atoms with Crippen LogP contribution in [0.5, 0.6) is 5.75 Å². The molecular formula is C14H18NO4S-. The molecule has 0 aliphatic carbocycles. The zero-order valence-electron chi connectivity index (χ0n) is 11.6. The van der Waals surface area contributed by atoms with Crippen molar-refractivity contribution in [3.8, 4) is 5.75 Å². The molecule has 1 aromatic rings. The van der Waals surface area contributed by atoms with Crippen LogP contribution in [0.2, 0.25) is 0 Å². The summed E-state index contributed by atoms with van der Waals surface area (Å²) < 4.78 is 5.53. The number of unbranched alkanes of at least 4 members (excludes halogenated alkanes) is 1. The van der Waals surface area contributed by atoms with Gasteiger partial charge in [0.15, 0.2) is 5.12 Å². The fourth-order valence-electron chi connectivity index (χ4n) is 1.56. The summed E-state index contributed by atoms with van der Waals surface area (Å²) in [6.07, 6.45) is 2.05. The van der Waals surface area contributed by atoms with Gasteiger partial charge in [-0.1, -0.05) is 31.0 Å². The van der Waals surface area contributed by atoms with Gasteiger partial charge in [0.2, 0.25) is 0 Å². The molecule has 110 valence electrons. The Hall–Kier alpha value is -1.69. The van der Waals surface area contributed by atoms with Gasteiger partial charge in [0.25, 0.3) is 0 Å². The zero-order chi connectivity index (χ0) is 15.0. The van der Waals surface area contributed by atoms with Crippen LogP contribution in [0.4, 0.5) is 0 Å². The Morgan fingerprint density at radius 1 is 1.45 bits per heavy atom. The van der Waals surface area contributed by atoms with Gasteiger partial charge < -0.3 is 4.74 Å². The summed E-state index contributed by atoms with van der Waals surface area (Å²) in [5, 5.41) is 9.87. The number of ether oxygens (including phenoxy) is 1. The molecule has 0 aliphatic rings. The Morgan fingerprint density at radius 3 is 2.60 bits per heavy atom. The van der Waals surface area contributed by atoms with E-state index < -0.39 is 10.2 Å². The van der Waals surface area contributed by atoms with Crippen LogP contribution in [0.1, 0.15) is 37.5 Å². The molecule has 0 N–H and O–H groups in total. The first kappa shape index (κ1) is 16.4. The molecule has 20 heavy (non-hydrogen) atoms. The standard InChI is InChI=1S/C14H18NO4S/c1-3-4-9-19-13-7-5-12(6-8-13)14(10-15(17)18)20-11(2)16/h5-8,10,14H,3-4,9H2,1-2H3/q-1. The third-order valence-corrected chi connectivity index (χ3v) is 3.51. The fraction of sp³-hybridized carbons (Fsp3) is 0.429.